The number of unbranched alkanes of at least 4 members (excludes halogenated alkanes) is 4. The van der Waals surface area contributed by atoms with Crippen LogP contribution < -0.4 is 26.4 Å². The van der Waals surface area contributed by atoms with Crippen molar-refractivity contribution >= 4 is 35.0 Å². The fourth-order valence-electron chi connectivity index (χ4n) is 5.46. The molecule has 16 nitrogen and oxygen atoms in total. The number of hydrogen-bond acceptors (Lipinski definition) is 13. The van der Waals surface area contributed by atoms with Gasteiger partial charge in [0.1, 0.15) is 24.1 Å². The van der Waals surface area contributed by atoms with Crippen molar-refractivity contribution in [1.82, 2.24) is 20.9 Å². The minimum atomic E-state index is -1.74. The SMILES string of the molecule is COc1cc(N)c(Cl)cc1C(=O)N[C@@H]1CCN(CCOCCC(=O)NCCCCCCCC(=O)NC[C@H](O)[C@@H](O)[C@H](O)[C@H](O)CO)C[C@@H]1OC. The Bertz CT molecular complexity index is 1180. The lowest BCUT2D eigenvalue weighted by Gasteiger charge is -2.38. The fraction of sp³-hybridized carbons (Fsp3) is 0.727. The minimum absolute atomic E-state index is 0.0811. The van der Waals surface area contributed by atoms with E-state index >= 15 is 0 Å². The smallest absolute Gasteiger partial charge is 0.255 e. The van der Waals surface area contributed by atoms with Gasteiger partial charge in [-0.2, -0.15) is 0 Å². The van der Waals surface area contributed by atoms with Crippen molar-refractivity contribution in [3.8, 4) is 5.75 Å². The van der Waals surface area contributed by atoms with E-state index in [4.69, 9.17) is 36.7 Å². The summed E-state index contributed by atoms with van der Waals surface area (Å²) in [6.07, 6.45) is -1.56. The molecule has 1 aliphatic heterocycles. The van der Waals surface area contributed by atoms with Crippen molar-refractivity contribution in [2.75, 3.05) is 72.5 Å². The molecule has 0 unspecified atom stereocenters. The number of anilines is 1. The molecule has 0 spiro atoms. The molecule has 1 saturated heterocycles. The van der Waals surface area contributed by atoms with Gasteiger partial charge in [0, 0.05) is 58.7 Å². The Morgan fingerprint density at radius 1 is 0.960 bits per heavy atom. The predicted octanol–water partition coefficient (Wildman–Crippen LogP) is -0.834. The summed E-state index contributed by atoms with van der Waals surface area (Å²) in [7, 11) is 3.07. The first-order chi connectivity index (χ1) is 23.9. The number of nitrogens with zero attached hydrogens (tertiary/aromatic N) is 1. The Morgan fingerprint density at radius 2 is 1.64 bits per heavy atom. The van der Waals surface area contributed by atoms with E-state index in [0.29, 0.717) is 62.7 Å². The molecule has 6 atom stereocenters. The quantitative estimate of drug-likeness (QED) is 0.0466. The summed E-state index contributed by atoms with van der Waals surface area (Å²) in [6.45, 7) is 2.26. The summed E-state index contributed by atoms with van der Waals surface area (Å²) in [5.74, 6) is -0.370. The maximum absolute atomic E-state index is 13.0. The van der Waals surface area contributed by atoms with E-state index in [1.165, 1.54) is 19.2 Å². The van der Waals surface area contributed by atoms with Crippen molar-refractivity contribution in [3.05, 3.63) is 22.7 Å². The number of nitrogens with two attached hydrogens (primary N) is 1. The highest BCUT2D eigenvalue weighted by atomic mass is 35.5. The molecule has 3 amide bonds. The molecule has 286 valence electrons. The molecule has 2 rings (SSSR count). The number of ether oxygens (including phenoxy) is 3. The van der Waals surface area contributed by atoms with Crippen molar-refractivity contribution in [3.63, 3.8) is 0 Å². The molecule has 1 fully saturated rings. The minimum Gasteiger partial charge on any atom is -0.496 e. The van der Waals surface area contributed by atoms with Gasteiger partial charge in [-0.05, 0) is 25.3 Å². The maximum atomic E-state index is 13.0. The highest BCUT2D eigenvalue weighted by Gasteiger charge is 2.32. The van der Waals surface area contributed by atoms with Crippen LogP contribution in [0.25, 0.3) is 0 Å². The molecule has 0 radical (unpaired) electrons. The Morgan fingerprint density at radius 3 is 2.34 bits per heavy atom. The summed E-state index contributed by atoms with van der Waals surface area (Å²) in [6, 6.07) is 2.81. The normalized spacial score (nSPS) is 18.9. The van der Waals surface area contributed by atoms with Gasteiger partial charge in [-0.25, -0.2) is 0 Å². The lowest BCUT2D eigenvalue weighted by atomic mass is 10.0. The molecule has 17 heteroatoms. The number of benzene rings is 1. The largest absolute Gasteiger partial charge is 0.496 e. The zero-order valence-corrected chi connectivity index (χ0v) is 29.8. The predicted molar refractivity (Wildman–Crippen MR) is 186 cm³/mol. The number of halogens is 1. The van der Waals surface area contributed by atoms with Crippen LogP contribution in [0.4, 0.5) is 5.69 Å². The van der Waals surface area contributed by atoms with Gasteiger partial charge in [0.25, 0.3) is 5.91 Å². The Labute approximate surface area is 298 Å². The third-order valence-corrected chi connectivity index (χ3v) is 8.92. The molecular formula is C33H56ClN5O11. The van der Waals surface area contributed by atoms with Crippen LogP contribution in [0.15, 0.2) is 12.1 Å². The van der Waals surface area contributed by atoms with Crippen LogP contribution >= 0.6 is 11.6 Å². The van der Waals surface area contributed by atoms with E-state index < -0.39 is 31.0 Å². The van der Waals surface area contributed by atoms with Gasteiger partial charge >= 0.3 is 0 Å². The Kier molecular flexibility index (Phi) is 20.5. The van der Waals surface area contributed by atoms with E-state index in [1.54, 1.807) is 7.11 Å². The average Bonchev–Trinajstić information content (AvgIpc) is 3.11. The second kappa shape index (κ2) is 23.6. The number of carbonyl (C=O) groups is 3. The monoisotopic (exact) mass is 733 g/mol. The van der Waals surface area contributed by atoms with Crippen LogP contribution in [0, 0.1) is 0 Å². The van der Waals surface area contributed by atoms with Crippen molar-refractivity contribution in [2.24, 2.45) is 0 Å². The zero-order chi connectivity index (χ0) is 37.1. The molecule has 1 aromatic carbocycles. The Balaban J connectivity index is 1.49. The fourth-order valence-corrected chi connectivity index (χ4v) is 5.62. The third kappa shape index (κ3) is 15.2. The molecule has 1 aromatic rings. The summed E-state index contributed by atoms with van der Waals surface area (Å²) in [5, 5.41) is 56.0. The lowest BCUT2D eigenvalue weighted by molar-refractivity contribution is -0.126. The van der Waals surface area contributed by atoms with Crippen LogP contribution in [-0.2, 0) is 19.1 Å². The van der Waals surface area contributed by atoms with Gasteiger partial charge < -0.3 is 61.4 Å². The van der Waals surface area contributed by atoms with E-state index in [1.807, 2.05) is 0 Å². The number of aliphatic hydroxyl groups excluding tert-OH is 5. The van der Waals surface area contributed by atoms with Gasteiger partial charge in [-0.1, -0.05) is 30.9 Å². The number of aliphatic hydroxyl groups is 5. The molecule has 10 N–H and O–H groups in total. The third-order valence-electron chi connectivity index (χ3n) is 8.59. The van der Waals surface area contributed by atoms with Gasteiger partial charge in [-0.3, -0.25) is 19.3 Å². The molecular weight excluding hydrogens is 678 g/mol. The first-order valence-corrected chi connectivity index (χ1v) is 17.4. The molecule has 1 aliphatic rings. The number of rotatable bonds is 24. The highest BCUT2D eigenvalue weighted by molar-refractivity contribution is 6.33. The van der Waals surface area contributed by atoms with Gasteiger partial charge in [0.15, 0.2) is 0 Å². The maximum Gasteiger partial charge on any atom is 0.255 e. The van der Waals surface area contributed by atoms with Gasteiger partial charge in [0.05, 0.1) is 61.5 Å². The molecule has 1 heterocycles. The van der Waals surface area contributed by atoms with E-state index in [0.717, 1.165) is 32.2 Å². The lowest BCUT2D eigenvalue weighted by Crippen LogP contribution is -2.55. The van der Waals surface area contributed by atoms with Crippen LogP contribution in [0.2, 0.25) is 5.02 Å². The van der Waals surface area contributed by atoms with Gasteiger partial charge in [0.2, 0.25) is 11.8 Å². The van der Waals surface area contributed by atoms with Crippen molar-refractivity contribution in [1.29, 1.82) is 0 Å². The number of carbonyl (C=O) groups excluding carboxylic acids is 3. The standard InChI is InChI=1S/C33H56ClN5O11/c1-48-27-17-23(35)22(34)16-21(27)33(47)38-24-9-12-39(19-28(24)49-2)13-15-50-14-10-30(44)36-11-7-5-3-4-6-8-29(43)37-18-25(41)31(45)32(46)26(42)20-40/h16-17,24-26,28,31-32,40-42,45-46H,3-15,18-20,35H2,1-2H3,(H,36,44)(H,37,43)(H,38,47)/t24-,25+,26-,28+,31-,32-/m1/s1. The second-order valence-corrected chi connectivity index (χ2v) is 12.8. The van der Waals surface area contributed by atoms with Gasteiger partial charge in [-0.15, -0.1) is 0 Å². The van der Waals surface area contributed by atoms with Crippen molar-refractivity contribution < 1.29 is 54.1 Å². The summed E-state index contributed by atoms with van der Waals surface area (Å²) in [4.78, 5) is 39.3. The molecule has 0 bridgehead atoms. The van der Waals surface area contributed by atoms with Crippen molar-refractivity contribution in [2.45, 2.75) is 87.9 Å². The first-order valence-electron chi connectivity index (χ1n) is 17.0. The van der Waals surface area contributed by atoms with E-state index in [9.17, 15) is 34.8 Å². The van der Waals surface area contributed by atoms with E-state index in [2.05, 4.69) is 20.9 Å². The highest BCUT2D eigenvalue weighted by Crippen LogP contribution is 2.29. The van der Waals surface area contributed by atoms with Crippen LogP contribution in [0.5, 0.6) is 5.75 Å². The topological polar surface area (TPSA) is 245 Å². The van der Waals surface area contributed by atoms with Crippen LogP contribution in [0.3, 0.4) is 0 Å². The zero-order valence-electron chi connectivity index (χ0n) is 29.0. The Hall–Kier alpha value is -2.80. The number of piperidine rings is 1. The summed E-state index contributed by atoms with van der Waals surface area (Å²) < 4.78 is 16.7. The summed E-state index contributed by atoms with van der Waals surface area (Å²) in [5.41, 5.74) is 6.46. The first kappa shape index (κ1) is 43.4. The molecule has 0 saturated carbocycles. The number of nitrogen functional groups attached to an aromatic ring is 1. The van der Waals surface area contributed by atoms with Crippen LogP contribution in [0.1, 0.15) is 61.7 Å². The summed E-state index contributed by atoms with van der Waals surface area (Å²) >= 11 is 6.12. The molecule has 50 heavy (non-hydrogen) atoms. The average molecular weight is 734 g/mol. The van der Waals surface area contributed by atoms with Crippen LogP contribution in [-0.4, -0.2) is 151 Å². The number of amides is 3. The second-order valence-electron chi connectivity index (χ2n) is 12.4. The van der Waals surface area contributed by atoms with E-state index in [-0.39, 0.29) is 54.3 Å². The molecule has 0 aliphatic carbocycles. The number of nitrogens with one attached hydrogen (secondary N) is 3. The number of methoxy groups -OCH3 is 2. The molecule has 0 aromatic heterocycles. The number of hydrogen-bond donors (Lipinski definition) is 9. The number of likely N-dealkylation sites (tertiary alicyclic amines) is 1.